The van der Waals surface area contributed by atoms with E-state index < -0.39 is 17.2 Å². The maximum Gasteiger partial charge on any atom is 0.332 e. The lowest BCUT2D eigenvalue weighted by Crippen LogP contribution is -2.40. The molecule has 0 aromatic carbocycles. The Kier molecular flexibility index (Phi) is 4.01. The molecule has 3 aliphatic rings. The van der Waals surface area contributed by atoms with E-state index in [9.17, 15) is 9.90 Å². The molecule has 4 nitrogen and oxygen atoms in total. The normalized spacial score (nSPS) is 33.9. The van der Waals surface area contributed by atoms with E-state index in [-0.39, 0.29) is 0 Å². The number of hydrogen-bond acceptors (Lipinski definition) is 4. The highest BCUT2D eigenvalue weighted by Gasteiger charge is 2.52. The molecule has 0 saturated heterocycles. The molecule has 0 radical (unpaired) electrons. The molecule has 1 N–H and O–H groups in total. The van der Waals surface area contributed by atoms with Gasteiger partial charge in [0, 0.05) is 17.2 Å². The highest BCUT2D eigenvalue weighted by molar-refractivity contribution is 5.89. The lowest BCUT2D eigenvalue weighted by molar-refractivity contribution is -0.141. The predicted molar refractivity (Wildman–Crippen MR) is 96.2 cm³/mol. The van der Waals surface area contributed by atoms with E-state index in [2.05, 4.69) is 13.2 Å². The number of ether oxygens (including phenoxy) is 2. The van der Waals surface area contributed by atoms with Gasteiger partial charge in [-0.2, -0.15) is 0 Å². The van der Waals surface area contributed by atoms with Crippen molar-refractivity contribution < 1.29 is 19.4 Å². The van der Waals surface area contributed by atoms with Crippen LogP contribution in [0.3, 0.4) is 0 Å². The van der Waals surface area contributed by atoms with Crippen molar-refractivity contribution in [3.8, 4) is 0 Å². The van der Waals surface area contributed by atoms with Crippen molar-refractivity contribution in [2.24, 2.45) is 0 Å². The number of esters is 1. The topological polar surface area (TPSA) is 55.8 Å². The van der Waals surface area contributed by atoms with Gasteiger partial charge in [-0.05, 0) is 43.7 Å². The Hall–Kier alpha value is -2.85. The van der Waals surface area contributed by atoms with E-state index in [1.165, 1.54) is 6.08 Å². The van der Waals surface area contributed by atoms with Gasteiger partial charge in [0.15, 0.2) is 5.60 Å². The van der Waals surface area contributed by atoms with Crippen LogP contribution in [0.4, 0.5) is 0 Å². The molecule has 1 aliphatic carbocycles. The Bertz CT molecular complexity index is 843. The number of allylic oxidation sites excluding steroid dienone is 5. The molecule has 1 spiro atoms. The van der Waals surface area contributed by atoms with Crippen LogP contribution >= 0.6 is 0 Å². The lowest BCUT2D eigenvalue weighted by atomic mass is 9.76. The third-order valence-corrected chi connectivity index (χ3v) is 4.37. The van der Waals surface area contributed by atoms with E-state index in [1.54, 1.807) is 55.5 Å². The smallest absolute Gasteiger partial charge is 0.332 e. The van der Waals surface area contributed by atoms with Crippen molar-refractivity contribution in [2.45, 2.75) is 25.0 Å². The molecule has 2 heterocycles. The molecule has 3 rings (SSSR count). The minimum atomic E-state index is -1.13. The fourth-order valence-electron chi connectivity index (χ4n) is 3.22. The molecule has 0 aromatic heterocycles. The van der Waals surface area contributed by atoms with Crippen LogP contribution in [-0.2, 0) is 14.3 Å². The molecule has 0 fully saturated rings. The summed E-state index contributed by atoms with van der Waals surface area (Å²) in [4.78, 5) is 12.1. The van der Waals surface area contributed by atoms with Gasteiger partial charge in [0.25, 0.3) is 0 Å². The van der Waals surface area contributed by atoms with Crippen LogP contribution in [0.1, 0.15) is 13.8 Å². The van der Waals surface area contributed by atoms with Gasteiger partial charge in [-0.15, -0.1) is 0 Å². The van der Waals surface area contributed by atoms with Crippen molar-refractivity contribution in [3.05, 3.63) is 96.1 Å². The summed E-state index contributed by atoms with van der Waals surface area (Å²) >= 11 is 0. The monoisotopic (exact) mass is 336 g/mol. The van der Waals surface area contributed by atoms with Crippen molar-refractivity contribution in [1.82, 2.24) is 0 Å². The molecule has 0 bridgehead atoms. The van der Waals surface area contributed by atoms with Crippen molar-refractivity contribution in [2.75, 3.05) is 0 Å². The summed E-state index contributed by atoms with van der Waals surface area (Å²) in [7, 11) is 0. The first kappa shape index (κ1) is 17.0. The largest absolute Gasteiger partial charge is 0.456 e. The van der Waals surface area contributed by atoms with Crippen LogP contribution in [0, 0.1) is 0 Å². The van der Waals surface area contributed by atoms with Crippen molar-refractivity contribution in [3.63, 3.8) is 0 Å². The van der Waals surface area contributed by atoms with Gasteiger partial charge in [-0.1, -0.05) is 37.5 Å². The van der Waals surface area contributed by atoms with Gasteiger partial charge in [0.2, 0.25) is 0 Å². The Morgan fingerprint density at radius 3 is 2.44 bits per heavy atom. The number of hydrogen-bond donors (Lipinski definition) is 1. The standard InChI is InChI=1S/C21H20O4/c1-5-7-15-17(8-6-2)24-18-10-12-20(4,23)11-9-16(18)21(15)14(3)13-19(22)25-21/h5-13,23H,1-2H2,3-4H3/b15-7+,17-8+. The highest BCUT2D eigenvalue weighted by Crippen LogP contribution is 2.50. The van der Waals surface area contributed by atoms with Crippen molar-refractivity contribution in [1.29, 1.82) is 0 Å². The Morgan fingerprint density at radius 2 is 1.84 bits per heavy atom. The van der Waals surface area contributed by atoms with E-state index in [4.69, 9.17) is 9.47 Å². The maximum absolute atomic E-state index is 12.1. The van der Waals surface area contributed by atoms with Gasteiger partial charge in [0.1, 0.15) is 11.5 Å². The van der Waals surface area contributed by atoms with Crippen LogP contribution in [-0.4, -0.2) is 22.3 Å². The van der Waals surface area contributed by atoms with Crippen LogP contribution in [0.15, 0.2) is 96.1 Å². The van der Waals surface area contributed by atoms with Crippen molar-refractivity contribution >= 4 is 5.97 Å². The summed E-state index contributed by atoms with van der Waals surface area (Å²) in [5.41, 5.74) is -0.214. The number of rotatable bonds is 2. The third kappa shape index (κ3) is 2.65. The van der Waals surface area contributed by atoms with Crippen LogP contribution < -0.4 is 0 Å². The first-order chi connectivity index (χ1) is 11.8. The first-order valence-corrected chi connectivity index (χ1v) is 7.95. The zero-order valence-electron chi connectivity index (χ0n) is 14.3. The maximum atomic E-state index is 12.1. The highest BCUT2D eigenvalue weighted by atomic mass is 16.6. The second-order valence-electron chi connectivity index (χ2n) is 6.28. The summed E-state index contributed by atoms with van der Waals surface area (Å²) in [5, 5.41) is 10.3. The summed E-state index contributed by atoms with van der Waals surface area (Å²) in [6.07, 6.45) is 14.9. The SMILES string of the molecule is C=C/C=C1/OC2=C(C=CC(C)(O)C=C2)C2(OC(=O)C=C2C)/C1=C/C=C. The minimum Gasteiger partial charge on any atom is -0.456 e. The fraction of sp³-hybridized carbons (Fsp3) is 0.190. The van der Waals surface area contributed by atoms with E-state index in [0.29, 0.717) is 22.7 Å². The number of carbonyl (C=O) groups excluding carboxylic acids is 1. The zero-order chi connectivity index (χ0) is 18.2. The summed E-state index contributed by atoms with van der Waals surface area (Å²) in [6, 6.07) is 0. The molecular weight excluding hydrogens is 316 g/mol. The van der Waals surface area contributed by atoms with Gasteiger partial charge >= 0.3 is 5.97 Å². The van der Waals surface area contributed by atoms with Crippen LogP contribution in [0.5, 0.6) is 0 Å². The molecule has 2 unspecified atom stereocenters. The van der Waals surface area contributed by atoms with E-state index >= 15 is 0 Å². The summed E-state index contributed by atoms with van der Waals surface area (Å²) in [5.74, 6) is 0.592. The molecule has 0 saturated carbocycles. The number of carbonyl (C=O) groups is 1. The molecule has 2 atom stereocenters. The zero-order valence-corrected chi connectivity index (χ0v) is 14.3. The molecule has 128 valence electrons. The molecule has 2 aliphatic heterocycles. The van der Waals surface area contributed by atoms with Gasteiger partial charge in [-0.25, -0.2) is 4.79 Å². The molecule has 4 heteroatoms. The quantitative estimate of drug-likeness (QED) is 0.783. The second kappa shape index (κ2) is 5.90. The fourth-order valence-corrected chi connectivity index (χ4v) is 3.22. The molecule has 25 heavy (non-hydrogen) atoms. The Balaban J connectivity index is 2.34. The van der Waals surface area contributed by atoms with Gasteiger partial charge in [0.05, 0.1) is 5.60 Å². The average molecular weight is 336 g/mol. The Labute approximate surface area is 147 Å². The first-order valence-electron chi connectivity index (χ1n) is 7.95. The number of fused-ring (bicyclic) bond motifs is 1. The third-order valence-electron chi connectivity index (χ3n) is 4.37. The van der Waals surface area contributed by atoms with E-state index in [0.717, 1.165) is 5.57 Å². The predicted octanol–water partition coefficient (Wildman–Crippen LogP) is 3.57. The molecule has 0 aromatic rings. The Morgan fingerprint density at radius 1 is 1.16 bits per heavy atom. The molecular formula is C21H20O4. The van der Waals surface area contributed by atoms with E-state index in [1.807, 2.05) is 6.92 Å². The summed E-state index contributed by atoms with van der Waals surface area (Å²) in [6.45, 7) is 11.0. The average Bonchev–Trinajstić information content (AvgIpc) is 2.73. The summed E-state index contributed by atoms with van der Waals surface area (Å²) < 4.78 is 11.8. The van der Waals surface area contributed by atoms with Gasteiger partial charge < -0.3 is 14.6 Å². The van der Waals surface area contributed by atoms with Crippen LogP contribution in [0.25, 0.3) is 0 Å². The van der Waals surface area contributed by atoms with Crippen LogP contribution in [0.2, 0.25) is 0 Å². The number of aliphatic hydroxyl groups is 1. The molecule has 0 amide bonds. The van der Waals surface area contributed by atoms with Gasteiger partial charge in [-0.3, -0.25) is 0 Å². The lowest BCUT2D eigenvalue weighted by Gasteiger charge is -2.39. The second-order valence-corrected chi connectivity index (χ2v) is 6.28. The minimum absolute atomic E-state index is 0.424.